The molecule has 22 heavy (non-hydrogen) atoms. The number of rotatable bonds is 7. The van der Waals surface area contributed by atoms with Crippen molar-refractivity contribution in [2.45, 2.75) is 13.3 Å². The van der Waals surface area contributed by atoms with Crippen LogP contribution in [-0.4, -0.2) is 19.5 Å². The number of benzene rings is 2. The van der Waals surface area contributed by atoms with Crippen molar-refractivity contribution in [3.05, 3.63) is 65.7 Å². The van der Waals surface area contributed by atoms with Crippen LogP contribution in [0.15, 0.2) is 54.6 Å². The molecule has 2 aromatic carbocycles. The Hall–Kier alpha value is -2.55. The molecule has 0 bridgehead atoms. The first kappa shape index (κ1) is 15.8. The van der Waals surface area contributed by atoms with Crippen LogP contribution in [0, 0.1) is 0 Å². The molecule has 0 atom stereocenters. The highest BCUT2D eigenvalue weighted by molar-refractivity contribution is 6.06. The smallest absolute Gasteiger partial charge is 0.185 e. The molecule has 2 rings (SSSR count). The van der Waals surface area contributed by atoms with Gasteiger partial charge in [0, 0.05) is 5.56 Å². The van der Waals surface area contributed by atoms with Crippen LogP contribution >= 0.6 is 0 Å². The van der Waals surface area contributed by atoms with Crippen molar-refractivity contribution in [2.75, 3.05) is 13.7 Å². The topological polar surface area (TPSA) is 35.5 Å². The fourth-order valence-electron chi connectivity index (χ4n) is 1.99. The van der Waals surface area contributed by atoms with Crippen LogP contribution in [0.1, 0.15) is 29.3 Å². The number of carbonyl (C=O) groups is 1. The van der Waals surface area contributed by atoms with E-state index in [9.17, 15) is 4.79 Å². The third-order valence-electron chi connectivity index (χ3n) is 3.13. The second-order valence-corrected chi connectivity index (χ2v) is 4.82. The molecule has 0 heterocycles. The molecule has 0 radical (unpaired) electrons. The first-order valence-electron chi connectivity index (χ1n) is 7.33. The summed E-state index contributed by atoms with van der Waals surface area (Å²) in [7, 11) is 1.61. The lowest BCUT2D eigenvalue weighted by molar-refractivity contribution is 0.104. The molecule has 0 unspecified atom stereocenters. The van der Waals surface area contributed by atoms with Crippen LogP contribution in [0.2, 0.25) is 0 Å². The lowest BCUT2D eigenvalue weighted by Gasteiger charge is -2.10. The average Bonchev–Trinajstić information content (AvgIpc) is 2.58. The van der Waals surface area contributed by atoms with Gasteiger partial charge >= 0.3 is 0 Å². The summed E-state index contributed by atoms with van der Waals surface area (Å²) in [6, 6.07) is 14.8. The van der Waals surface area contributed by atoms with Crippen molar-refractivity contribution in [1.82, 2.24) is 0 Å². The maximum atomic E-state index is 12.0. The summed E-state index contributed by atoms with van der Waals surface area (Å²) in [5, 5.41) is 0. The molecule has 0 fully saturated rings. The number of hydrogen-bond donors (Lipinski definition) is 0. The predicted molar refractivity (Wildman–Crippen MR) is 88.6 cm³/mol. The molecular weight excluding hydrogens is 276 g/mol. The standard InChI is InChI=1S/C19H20O3/c1-3-13-22-18-12-10-15(14-19(18)21-2)9-11-17(20)16-7-5-4-6-8-16/h4-12,14H,3,13H2,1-2H3/b11-9+. The monoisotopic (exact) mass is 296 g/mol. The Morgan fingerprint density at radius 3 is 2.55 bits per heavy atom. The Morgan fingerprint density at radius 2 is 1.86 bits per heavy atom. The molecule has 0 aliphatic heterocycles. The highest BCUT2D eigenvalue weighted by Crippen LogP contribution is 2.28. The number of ether oxygens (including phenoxy) is 2. The number of ketones is 1. The minimum atomic E-state index is -0.0223. The van der Waals surface area contributed by atoms with E-state index in [2.05, 4.69) is 6.92 Å². The number of methoxy groups -OCH3 is 1. The van der Waals surface area contributed by atoms with E-state index in [0.29, 0.717) is 17.9 Å². The Balaban J connectivity index is 2.12. The maximum Gasteiger partial charge on any atom is 0.185 e. The first-order chi connectivity index (χ1) is 10.7. The summed E-state index contributed by atoms with van der Waals surface area (Å²) in [6.07, 6.45) is 4.29. The van der Waals surface area contributed by atoms with Crippen LogP contribution < -0.4 is 9.47 Å². The van der Waals surface area contributed by atoms with E-state index in [1.807, 2.05) is 36.4 Å². The average molecular weight is 296 g/mol. The van der Waals surface area contributed by atoms with Gasteiger partial charge in [0.15, 0.2) is 17.3 Å². The summed E-state index contributed by atoms with van der Waals surface area (Å²) in [5.74, 6) is 1.37. The van der Waals surface area contributed by atoms with Crippen molar-refractivity contribution in [2.24, 2.45) is 0 Å². The summed E-state index contributed by atoms with van der Waals surface area (Å²) in [5.41, 5.74) is 1.57. The Kier molecular flexibility index (Phi) is 5.78. The minimum absolute atomic E-state index is 0.0223. The highest BCUT2D eigenvalue weighted by atomic mass is 16.5. The van der Waals surface area contributed by atoms with Crippen molar-refractivity contribution < 1.29 is 14.3 Å². The van der Waals surface area contributed by atoms with Gasteiger partial charge in [0.05, 0.1) is 13.7 Å². The van der Waals surface area contributed by atoms with Gasteiger partial charge in [0.2, 0.25) is 0 Å². The van der Waals surface area contributed by atoms with Gasteiger partial charge in [0.1, 0.15) is 0 Å². The van der Waals surface area contributed by atoms with E-state index in [1.165, 1.54) is 0 Å². The largest absolute Gasteiger partial charge is 0.493 e. The fraction of sp³-hybridized carbons (Fsp3) is 0.211. The maximum absolute atomic E-state index is 12.0. The van der Waals surface area contributed by atoms with Gasteiger partial charge in [0.25, 0.3) is 0 Å². The molecule has 2 aromatic rings. The van der Waals surface area contributed by atoms with E-state index in [4.69, 9.17) is 9.47 Å². The zero-order valence-corrected chi connectivity index (χ0v) is 12.9. The molecule has 0 N–H and O–H groups in total. The third-order valence-corrected chi connectivity index (χ3v) is 3.13. The number of allylic oxidation sites excluding steroid dienone is 1. The van der Waals surface area contributed by atoms with Crippen LogP contribution in [0.5, 0.6) is 11.5 Å². The van der Waals surface area contributed by atoms with E-state index >= 15 is 0 Å². The molecule has 3 heteroatoms. The van der Waals surface area contributed by atoms with Crippen LogP contribution in [0.4, 0.5) is 0 Å². The lowest BCUT2D eigenvalue weighted by atomic mass is 10.1. The summed E-state index contributed by atoms with van der Waals surface area (Å²) < 4.78 is 10.9. The molecule has 0 aliphatic carbocycles. The molecule has 0 saturated carbocycles. The Labute approximate surface area is 131 Å². The van der Waals surface area contributed by atoms with Crippen molar-refractivity contribution in [3.8, 4) is 11.5 Å². The zero-order valence-electron chi connectivity index (χ0n) is 12.9. The van der Waals surface area contributed by atoms with Gasteiger partial charge in [-0.25, -0.2) is 0 Å². The third kappa shape index (κ3) is 4.22. The molecule has 0 aromatic heterocycles. The highest BCUT2D eigenvalue weighted by Gasteiger charge is 2.05. The zero-order chi connectivity index (χ0) is 15.8. The van der Waals surface area contributed by atoms with Crippen molar-refractivity contribution in [3.63, 3.8) is 0 Å². The quantitative estimate of drug-likeness (QED) is 0.562. The van der Waals surface area contributed by atoms with Gasteiger partial charge in [-0.1, -0.05) is 49.4 Å². The molecule has 0 aliphatic rings. The summed E-state index contributed by atoms with van der Waals surface area (Å²) in [4.78, 5) is 12.0. The van der Waals surface area contributed by atoms with Gasteiger partial charge in [-0.3, -0.25) is 4.79 Å². The SMILES string of the molecule is CCCOc1ccc(/C=C/C(=O)c2ccccc2)cc1OC. The van der Waals surface area contributed by atoms with E-state index in [0.717, 1.165) is 17.7 Å². The normalized spacial score (nSPS) is 10.6. The Morgan fingerprint density at radius 1 is 1.09 bits per heavy atom. The number of carbonyl (C=O) groups excluding carboxylic acids is 1. The van der Waals surface area contributed by atoms with Crippen molar-refractivity contribution >= 4 is 11.9 Å². The van der Waals surface area contributed by atoms with E-state index in [-0.39, 0.29) is 5.78 Å². The first-order valence-corrected chi connectivity index (χ1v) is 7.33. The predicted octanol–water partition coefficient (Wildman–Crippen LogP) is 4.38. The van der Waals surface area contributed by atoms with Gasteiger partial charge in [-0.2, -0.15) is 0 Å². The minimum Gasteiger partial charge on any atom is -0.493 e. The number of hydrogen-bond acceptors (Lipinski definition) is 3. The Bertz CT molecular complexity index is 645. The summed E-state index contributed by atoms with van der Waals surface area (Å²) in [6.45, 7) is 2.71. The second kappa shape index (κ2) is 8.03. The molecule has 0 saturated heterocycles. The van der Waals surface area contributed by atoms with Crippen LogP contribution in [0.3, 0.4) is 0 Å². The van der Waals surface area contributed by atoms with E-state index < -0.39 is 0 Å². The molecule has 0 spiro atoms. The van der Waals surface area contributed by atoms with E-state index in [1.54, 1.807) is 31.4 Å². The van der Waals surface area contributed by atoms with Crippen LogP contribution in [0.25, 0.3) is 6.08 Å². The molecule has 3 nitrogen and oxygen atoms in total. The molecule has 114 valence electrons. The van der Waals surface area contributed by atoms with Gasteiger partial charge in [-0.05, 0) is 30.2 Å². The molecular formula is C19H20O3. The summed E-state index contributed by atoms with van der Waals surface area (Å²) >= 11 is 0. The second-order valence-electron chi connectivity index (χ2n) is 4.82. The van der Waals surface area contributed by atoms with Gasteiger partial charge < -0.3 is 9.47 Å². The van der Waals surface area contributed by atoms with Gasteiger partial charge in [-0.15, -0.1) is 0 Å². The van der Waals surface area contributed by atoms with Crippen LogP contribution in [-0.2, 0) is 0 Å². The van der Waals surface area contributed by atoms with Crippen molar-refractivity contribution in [1.29, 1.82) is 0 Å². The molecule has 0 amide bonds. The lowest BCUT2D eigenvalue weighted by Crippen LogP contribution is -1.98. The fourth-order valence-corrected chi connectivity index (χ4v) is 1.99.